The predicted octanol–water partition coefficient (Wildman–Crippen LogP) is 4.29. The molecule has 92 valence electrons. The standard InChI is InChI=1S/C15H15ClN2/c1-9-5-3-4-6-12(9)13-10(2)14(16)18-15(17-13)11-7-8-11/h3-6,11H,7-8H2,1-2H3. The van der Waals surface area contributed by atoms with Crippen molar-refractivity contribution >= 4 is 11.6 Å². The second kappa shape index (κ2) is 4.36. The van der Waals surface area contributed by atoms with Crippen LogP contribution in [-0.2, 0) is 0 Å². The molecule has 0 saturated heterocycles. The average Bonchev–Trinajstić information content (AvgIpc) is 3.18. The number of aryl methyl sites for hydroxylation is 1. The molecule has 0 unspecified atom stereocenters. The topological polar surface area (TPSA) is 25.8 Å². The Morgan fingerprint density at radius 3 is 2.50 bits per heavy atom. The Morgan fingerprint density at radius 1 is 1.11 bits per heavy atom. The lowest BCUT2D eigenvalue weighted by Gasteiger charge is -2.11. The molecule has 1 aliphatic rings. The minimum atomic E-state index is 0.519. The molecule has 1 fully saturated rings. The molecule has 1 heterocycles. The van der Waals surface area contributed by atoms with Crippen LogP contribution in [0.5, 0.6) is 0 Å². The molecular weight excluding hydrogens is 244 g/mol. The van der Waals surface area contributed by atoms with Gasteiger partial charge in [-0.25, -0.2) is 9.97 Å². The van der Waals surface area contributed by atoms with Crippen LogP contribution in [-0.4, -0.2) is 9.97 Å². The van der Waals surface area contributed by atoms with E-state index in [2.05, 4.69) is 24.0 Å². The summed E-state index contributed by atoms with van der Waals surface area (Å²) in [4.78, 5) is 9.14. The van der Waals surface area contributed by atoms with Crippen molar-refractivity contribution in [3.05, 3.63) is 46.4 Å². The molecule has 1 aliphatic carbocycles. The summed E-state index contributed by atoms with van der Waals surface area (Å²) in [6, 6.07) is 8.27. The summed E-state index contributed by atoms with van der Waals surface area (Å²) in [6.07, 6.45) is 2.37. The van der Waals surface area contributed by atoms with Gasteiger partial charge in [0.05, 0.1) is 5.69 Å². The van der Waals surface area contributed by atoms with Gasteiger partial charge in [0.1, 0.15) is 11.0 Å². The maximum Gasteiger partial charge on any atom is 0.136 e. The molecule has 2 nitrogen and oxygen atoms in total. The van der Waals surface area contributed by atoms with Gasteiger partial charge in [-0.2, -0.15) is 0 Å². The van der Waals surface area contributed by atoms with E-state index in [0.29, 0.717) is 11.1 Å². The van der Waals surface area contributed by atoms with E-state index in [1.165, 1.54) is 18.4 Å². The van der Waals surface area contributed by atoms with Crippen LogP contribution in [0.25, 0.3) is 11.3 Å². The Labute approximate surface area is 112 Å². The molecule has 0 atom stereocenters. The van der Waals surface area contributed by atoms with Gasteiger partial charge in [-0.3, -0.25) is 0 Å². The number of nitrogens with zero attached hydrogens (tertiary/aromatic N) is 2. The summed E-state index contributed by atoms with van der Waals surface area (Å²) in [5.41, 5.74) is 4.32. The Balaban J connectivity index is 2.18. The highest BCUT2D eigenvalue weighted by Gasteiger charge is 2.28. The molecule has 2 aromatic rings. The maximum atomic E-state index is 6.24. The van der Waals surface area contributed by atoms with E-state index in [4.69, 9.17) is 16.6 Å². The minimum Gasteiger partial charge on any atom is -0.232 e. The first-order valence-corrected chi connectivity index (χ1v) is 6.64. The third-order valence-electron chi connectivity index (χ3n) is 3.45. The monoisotopic (exact) mass is 258 g/mol. The normalized spacial score (nSPS) is 14.8. The van der Waals surface area contributed by atoms with E-state index in [-0.39, 0.29) is 0 Å². The second-order valence-electron chi connectivity index (χ2n) is 4.94. The third kappa shape index (κ3) is 2.01. The van der Waals surface area contributed by atoms with E-state index in [1.54, 1.807) is 0 Å². The predicted molar refractivity (Wildman–Crippen MR) is 73.9 cm³/mol. The Morgan fingerprint density at radius 2 is 1.83 bits per heavy atom. The number of hydrogen-bond acceptors (Lipinski definition) is 2. The lowest BCUT2D eigenvalue weighted by Crippen LogP contribution is -2.00. The van der Waals surface area contributed by atoms with E-state index in [9.17, 15) is 0 Å². The van der Waals surface area contributed by atoms with Gasteiger partial charge in [0.25, 0.3) is 0 Å². The van der Waals surface area contributed by atoms with Crippen LogP contribution >= 0.6 is 11.6 Å². The van der Waals surface area contributed by atoms with Crippen molar-refractivity contribution in [3.8, 4) is 11.3 Å². The summed E-state index contributed by atoms with van der Waals surface area (Å²) in [5.74, 6) is 1.43. The van der Waals surface area contributed by atoms with Crippen LogP contribution < -0.4 is 0 Å². The van der Waals surface area contributed by atoms with Gasteiger partial charge in [-0.15, -0.1) is 0 Å². The summed E-state index contributed by atoms with van der Waals surface area (Å²) >= 11 is 6.24. The van der Waals surface area contributed by atoms with Crippen molar-refractivity contribution in [2.45, 2.75) is 32.6 Å². The fourth-order valence-corrected chi connectivity index (χ4v) is 2.31. The number of halogens is 1. The molecule has 1 aromatic carbocycles. The Hall–Kier alpha value is -1.41. The van der Waals surface area contributed by atoms with Gasteiger partial charge in [0.2, 0.25) is 0 Å². The quantitative estimate of drug-likeness (QED) is 0.751. The summed E-state index contributed by atoms with van der Waals surface area (Å²) < 4.78 is 0. The number of benzene rings is 1. The van der Waals surface area contributed by atoms with Gasteiger partial charge in [0.15, 0.2) is 0 Å². The highest BCUT2D eigenvalue weighted by molar-refractivity contribution is 6.30. The van der Waals surface area contributed by atoms with E-state index < -0.39 is 0 Å². The fraction of sp³-hybridized carbons (Fsp3) is 0.333. The highest BCUT2D eigenvalue weighted by atomic mass is 35.5. The smallest absolute Gasteiger partial charge is 0.136 e. The number of hydrogen-bond donors (Lipinski definition) is 0. The van der Waals surface area contributed by atoms with Crippen molar-refractivity contribution in [1.82, 2.24) is 9.97 Å². The zero-order valence-electron chi connectivity index (χ0n) is 10.6. The van der Waals surface area contributed by atoms with Crippen LogP contribution in [0.15, 0.2) is 24.3 Å². The van der Waals surface area contributed by atoms with Gasteiger partial charge in [0, 0.05) is 17.0 Å². The lowest BCUT2D eigenvalue weighted by molar-refractivity contribution is 0.921. The van der Waals surface area contributed by atoms with Crippen LogP contribution in [0.4, 0.5) is 0 Å². The van der Waals surface area contributed by atoms with Crippen LogP contribution in [0.2, 0.25) is 5.15 Å². The molecule has 1 saturated carbocycles. The summed E-state index contributed by atoms with van der Waals surface area (Å²) in [6.45, 7) is 4.09. The largest absolute Gasteiger partial charge is 0.232 e. The zero-order chi connectivity index (χ0) is 12.7. The van der Waals surface area contributed by atoms with Crippen LogP contribution in [0.1, 0.15) is 35.7 Å². The number of aromatic nitrogens is 2. The van der Waals surface area contributed by atoms with Crippen LogP contribution in [0, 0.1) is 13.8 Å². The Kier molecular flexibility index (Phi) is 2.83. The first kappa shape index (κ1) is 11.7. The van der Waals surface area contributed by atoms with Crippen molar-refractivity contribution in [2.24, 2.45) is 0 Å². The maximum absolute atomic E-state index is 6.24. The first-order valence-electron chi connectivity index (χ1n) is 6.27. The minimum absolute atomic E-state index is 0.519. The molecule has 3 rings (SSSR count). The summed E-state index contributed by atoms with van der Waals surface area (Å²) in [5, 5.41) is 0.588. The van der Waals surface area contributed by atoms with Gasteiger partial charge < -0.3 is 0 Å². The lowest BCUT2D eigenvalue weighted by atomic mass is 10.0. The molecular formula is C15H15ClN2. The van der Waals surface area contributed by atoms with Gasteiger partial charge in [-0.1, -0.05) is 35.9 Å². The van der Waals surface area contributed by atoms with Gasteiger partial charge >= 0.3 is 0 Å². The first-order chi connectivity index (χ1) is 8.66. The van der Waals surface area contributed by atoms with Gasteiger partial charge in [-0.05, 0) is 32.3 Å². The molecule has 0 radical (unpaired) electrons. The molecule has 0 amide bonds. The third-order valence-corrected chi connectivity index (χ3v) is 3.81. The second-order valence-corrected chi connectivity index (χ2v) is 5.29. The molecule has 0 N–H and O–H groups in total. The molecule has 0 bridgehead atoms. The number of rotatable bonds is 2. The summed E-state index contributed by atoms with van der Waals surface area (Å²) in [7, 11) is 0. The van der Waals surface area contributed by atoms with Crippen LogP contribution in [0.3, 0.4) is 0 Å². The molecule has 18 heavy (non-hydrogen) atoms. The SMILES string of the molecule is Cc1ccccc1-c1nc(C2CC2)nc(Cl)c1C. The van der Waals surface area contributed by atoms with E-state index in [1.807, 2.05) is 19.1 Å². The Bertz CT molecular complexity index is 603. The molecule has 1 aromatic heterocycles. The van der Waals surface area contributed by atoms with Crippen molar-refractivity contribution < 1.29 is 0 Å². The molecule has 3 heteroatoms. The van der Waals surface area contributed by atoms with E-state index in [0.717, 1.165) is 22.6 Å². The fourth-order valence-electron chi connectivity index (χ4n) is 2.13. The zero-order valence-corrected chi connectivity index (χ0v) is 11.3. The van der Waals surface area contributed by atoms with Crippen molar-refractivity contribution in [2.75, 3.05) is 0 Å². The molecule has 0 spiro atoms. The average molecular weight is 259 g/mol. The van der Waals surface area contributed by atoms with Crippen molar-refractivity contribution in [3.63, 3.8) is 0 Å². The highest BCUT2D eigenvalue weighted by Crippen LogP contribution is 2.40. The van der Waals surface area contributed by atoms with E-state index >= 15 is 0 Å². The van der Waals surface area contributed by atoms with Crippen molar-refractivity contribution in [1.29, 1.82) is 0 Å². The molecule has 0 aliphatic heterocycles.